The van der Waals surface area contributed by atoms with E-state index in [1.807, 2.05) is 23.1 Å². The molecule has 0 bridgehead atoms. The van der Waals surface area contributed by atoms with Gasteiger partial charge in [0.25, 0.3) is 0 Å². The summed E-state index contributed by atoms with van der Waals surface area (Å²) in [7, 11) is 0. The minimum absolute atomic E-state index is 0.751. The Bertz CT molecular complexity index is 508. The van der Waals surface area contributed by atoms with E-state index >= 15 is 0 Å². The molecule has 0 aliphatic rings. The highest BCUT2D eigenvalue weighted by molar-refractivity contribution is 5.55. The Morgan fingerprint density at radius 2 is 2.05 bits per heavy atom. The van der Waals surface area contributed by atoms with Crippen LogP contribution in [0.4, 0.5) is 5.82 Å². The average Bonchev–Trinajstić information content (AvgIpc) is 2.88. The predicted octanol–water partition coefficient (Wildman–Crippen LogP) is 2.74. The van der Waals surface area contributed by atoms with Crippen LogP contribution in [0.25, 0.3) is 11.4 Å². The number of rotatable bonds is 6. The minimum atomic E-state index is 0.751. The Balaban J connectivity index is 2.36. The second-order valence-corrected chi connectivity index (χ2v) is 4.43. The first-order chi connectivity index (χ1) is 9.26. The van der Waals surface area contributed by atoms with Crippen LogP contribution >= 0.6 is 0 Å². The smallest absolute Gasteiger partial charge is 0.164 e. The van der Waals surface area contributed by atoms with Gasteiger partial charge in [0.2, 0.25) is 0 Å². The number of aryl methyl sites for hydroxylation is 2. The molecule has 0 amide bonds. The Labute approximate surface area is 114 Å². The SMILES string of the molecule is CCCc1cc(NCC)nc(-c2cnn(CC)c2)n1. The lowest BCUT2D eigenvalue weighted by Crippen LogP contribution is -2.04. The molecular formula is C14H21N5. The maximum absolute atomic E-state index is 4.62. The van der Waals surface area contributed by atoms with Gasteiger partial charge in [0.1, 0.15) is 5.82 Å². The van der Waals surface area contributed by atoms with E-state index in [-0.39, 0.29) is 0 Å². The Morgan fingerprint density at radius 1 is 1.21 bits per heavy atom. The molecule has 5 heteroatoms. The zero-order chi connectivity index (χ0) is 13.7. The molecule has 0 spiro atoms. The second kappa shape index (κ2) is 6.31. The fraction of sp³-hybridized carbons (Fsp3) is 0.500. The van der Waals surface area contributed by atoms with Crippen LogP contribution in [0.5, 0.6) is 0 Å². The lowest BCUT2D eigenvalue weighted by molar-refractivity contribution is 0.660. The van der Waals surface area contributed by atoms with Crippen molar-refractivity contribution in [3.63, 3.8) is 0 Å². The van der Waals surface area contributed by atoms with Gasteiger partial charge in [-0.3, -0.25) is 4.68 Å². The largest absolute Gasteiger partial charge is 0.370 e. The molecule has 0 saturated heterocycles. The first-order valence-electron chi connectivity index (χ1n) is 6.91. The summed E-state index contributed by atoms with van der Waals surface area (Å²) in [6.45, 7) is 8.00. The predicted molar refractivity (Wildman–Crippen MR) is 77.1 cm³/mol. The maximum Gasteiger partial charge on any atom is 0.164 e. The Hall–Kier alpha value is -1.91. The maximum atomic E-state index is 4.62. The summed E-state index contributed by atoms with van der Waals surface area (Å²) in [5.41, 5.74) is 2.05. The van der Waals surface area contributed by atoms with Crippen LogP contribution in [-0.2, 0) is 13.0 Å². The molecule has 0 aromatic carbocycles. The van der Waals surface area contributed by atoms with Crippen LogP contribution in [0.3, 0.4) is 0 Å². The number of hydrogen-bond acceptors (Lipinski definition) is 4. The molecule has 2 aromatic heterocycles. The van der Waals surface area contributed by atoms with Crippen molar-refractivity contribution in [3.05, 3.63) is 24.2 Å². The van der Waals surface area contributed by atoms with E-state index in [4.69, 9.17) is 0 Å². The number of hydrogen-bond donors (Lipinski definition) is 1. The van der Waals surface area contributed by atoms with E-state index in [9.17, 15) is 0 Å². The Morgan fingerprint density at radius 3 is 2.68 bits per heavy atom. The lowest BCUT2D eigenvalue weighted by Gasteiger charge is -2.07. The molecule has 0 aliphatic heterocycles. The highest BCUT2D eigenvalue weighted by Crippen LogP contribution is 2.18. The van der Waals surface area contributed by atoms with Crippen molar-refractivity contribution >= 4 is 5.82 Å². The molecule has 1 N–H and O–H groups in total. The molecule has 2 aromatic rings. The van der Waals surface area contributed by atoms with Crippen molar-refractivity contribution in [2.45, 2.75) is 40.2 Å². The second-order valence-electron chi connectivity index (χ2n) is 4.43. The van der Waals surface area contributed by atoms with Crippen LogP contribution in [0, 0.1) is 0 Å². The van der Waals surface area contributed by atoms with Crippen molar-refractivity contribution < 1.29 is 0 Å². The van der Waals surface area contributed by atoms with Crippen LogP contribution in [0.1, 0.15) is 32.9 Å². The van der Waals surface area contributed by atoms with Crippen molar-refractivity contribution in [2.75, 3.05) is 11.9 Å². The average molecular weight is 259 g/mol. The standard InChI is InChI=1S/C14H21N5/c1-4-7-12-8-13(15-5-2)18-14(17-12)11-9-16-19(6-3)10-11/h8-10H,4-7H2,1-3H3,(H,15,17,18). The van der Waals surface area contributed by atoms with Gasteiger partial charge in [-0.15, -0.1) is 0 Å². The van der Waals surface area contributed by atoms with E-state index in [2.05, 4.69) is 41.2 Å². The summed E-state index contributed by atoms with van der Waals surface area (Å²) in [6.07, 6.45) is 5.86. The molecule has 0 saturated carbocycles. The topological polar surface area (TPSA) is 55.6 Å². The summed E-state index contributed by atoms with van der Waals surface area (Å²) < 4.78 is 1.89. The van der Waals surface area contributed by atoms with Gasteiger partial charge >= 0.3 is 0 Å². The van der Waals surface area contributed by atoms with Crippen molar-refractivity contribution in [1.82, 2.24) is 19.7 Å². The van der Waals surface area contributed by atoms with Gasteiger partial charge in [-0.1, -0.05) is 13.3 Å². The van der Waals surface area contributed by atoms with Gasteiger partial charge in [0.15, 0.2) is 5.82 Å². The molecule has 5 nitrogen and oxygen atoms in total. The third kappa shape index (κ3) is 3.30. The number of anilines is 1. The third-order valence-electron chi connectivity index (χ3n) is 2.86. The highest BCUT2D eigenvalue weighted by Gasteiger charge is 2.08. The van der Waals surface area contributed by atoms with E-state index in [0.717, 1.165) is 48.8 Å². The molecule has 0 fully saturated rings. The number of nitrogens with one attached hydrogen (secondary N) is 1. The first-order valence-corrected chi connectivity index (χ1v) is 6.91. The summed E-state index contributed by atoms with van der Waals surface area (Å²) in [6, 6.07) is 2.03. The van der Waals surface area contributed by atoms with Gasteiger partial charge in [-0.05, 0) is 20.3 Å². The van der Waals surface area contributed by atoms with Crippen LogP contribution < -0.4 is 5.32 Å². The molecule has 102 valence electrons. The van der Waals surface area contributed by atoms with Gasteiger partial charge < -0.3 is 5.32 Å². The molecule has 0 unspecified atom stereocenters. The lowest BCUT2D eigenvalue weighted by atomic mass is 10.2. The summed E-state index contributed by atoms with van der Waals surface area (Å²) in [5.74, 6) is 1.64. The van der Waals surface area contributed by atoms with E-state index < -0.39 is 0 Å². The fourth-order valence-corrected chi connectivity index (χ4v) is 1.93. The zero-order valence-corrected chi connectivity index (χ0v) is 11.8. The molecule has 2 rings (SSSR count). The molecule has 19 heavy (non-hydrogen) atoms. The summed E-state index contributed by atoms with van der Waals surface area (Å²) >= 11 is 0. The quantitative estimate of drug-likeness (QED) is 0.866. The van der Waals surface area contributed by atoms with E-state index in [0.29, 0.717) is 0 Å². The van der Waals surface area contributed by atoms with Crippen molar-refractivity contribution in [1.29, 1.82) is 0 Å². The fourth-order valence-electron chi connectivity index (χ4n) is 1.93. The van der Waals surface area contributed by atoms with E-state index in [1.54, 1.807) is 0 Å². The summed E-state index contributed by atoms with van der Waals surface area (Å²) in [4.78, 5) is 9.17. The van der Waals surface area contributed by atoms with Crippen LogP contribution in [-0.4, -0.2) is 26.3 Å². The van der Waals surface area contributed by atoms with Gasteiger partial charge in [0, 0.05) is 31.0 Å². The minimum Gasteiger partial charge on any atom is -0.370 e. The van der Waals surface area contributed by atoms with Crippen molar-refractivity contribution in [2.24, 2.45) is 0 Å². The van der Waals surface area contributed by atoms with Gasteiger partial charge in [-0.2, -0.15) is 5.10 Å². The third-order valence-corrected chi connectivity index (χ3v) is 2.86. The van der Waals surface area contributed by atoms with E-state index in [1.165, 1.54) is 0 Å². The molecular weight excluding hydrogens is 238 g/mol. The molecule has 2 heterocycles. The Kier molecular flexibility index (Phi) is 4.49. The molecule has 0 atom stereocenters. The summed E-state index contributed by atoms with van der Waals surface area (Å²) in [5, 5.41) is 7.54. The normalized spacial score (nSPS) is 10.7. The highest BCUT2D eigenvalue weighted by atomic mass is 15.3. The molecule has 0 radical (unpaired) electrons. The number of aromatic nitrogens is 4. The van der Waals surface area contributed by atoms with Crippen LogP contribution in [0.2, 0.25) is 0 Å². The first kappa shape index (κ1) is 13.5. The van der Waals surface area contributed by atoms with Crippen LogP contribution in [0.15, 0.2) is 18.5 Å². The zero-order valence-electron chi connectivity index (χ0n) is 11.8. The van der Waals surface area contributed by atoms with Crippen molar-refractivity contribution in [3.8, 4) is 11.4 Å². The number of nitrogens with zero attached hydrogens (tertiary/aromatic N) is 4. The molecule has 0 aliphatic carbocycles. The van der Waals surface area contributed by atoms with Gasteiger partial charge in [0.05, 0.1) is 11.8 Å². The van der Waals surface area contributed by atoms with Gasteiger partial charge in [-0.25, -0.2) is 9.97 Å². The monoisotopic (exact) mass is 259 g/mol.